The number of halogens is 2. The fraction of sp³-hybridized carbons (Fsp3) is 0.538. The summed E-state index contributed by atoms with van der Waals surface area (Å²) in [7, 11) is 0. The topological polar surface area (TPSA) is 53.7 Å². The van der Waals surface area contributed by atoms with Crippen LogP contribution in [-0.4, -0.2) is 25.9 Å². The first-order chi connectivity index (χ1) is 9.10. The van der Waals surface area contributed by atoms with Gasteiger partial charge in [-0.2, -0.15) is 0 Å². The molecule has 4 nitrogen and oxygen atoms in total. The first-order valence-electron chi connectivity index (χ1n) is 6.19. The van der Waals surface area contributed by atoms with Crippen molar-refractivity contribution in [3.63, 3.8) is 0 Å². The summed E-state index contributed by atoms with van der Waals surface area (Å²) in [6, 6.07) is 3.29. The summed E-state index contributed by atoms with van der Waals surface area (Å²) < 4.78 is 40.1. The minimum Gasteiger partial charge on any atom is -0.487 e. The summed E-state index contributed by atoms with van der Waals surface area (Å²) in [6.07, 6.45) is -1.17. The van der Waals surface area contributed by atoms with Crippen molar-refractivity contribution in [1.29, 1.82) is 0 Å². The summed E-state index contributed by atoms with van der Waals surface area (Å²) in [4.78, 5) is 0. The van der Waals surface area contributed by atoms with Crippen LogP contribution in [0, 0.1) is 0 Å². The largest absolute Gasteiger partial charge is 0.487 e. The monoisotopic (exact) mass is 273 g/mol. The minimum absolute atomic E-state index is 0.0470. The lowest BCUT2D eigenvalue weighted by atomic mass is 10.0. The number of alkyl halides is 2. The molecule has 0 aromatic heterocycles. The van der Waals surface area contributed by atoms with Crippen LogP contribution in [0.4, 0.5) is 8.78 Å². The second kappa shape index (κ2) is 6.06. The highest BCUT2D eigenvalue weighted by Gasteiger charge is 2.19. The maximum Gasteiger partial charge on any atom is 0.272 e. The van der Waals surface area contributed by atoms with E-state index in [-0.39, 0.29) is 12.8 Å². The summed E-state index contributed by atoms with van der Waals surface area (Å²) in [6.45, 7) is 1.46. The van der Waals surface area contributed by atoms with Gasteiger partial charge in [0.1, 0.15) is 12.4 Å². The highest BCUT2D eigenvalue weighted by atomic mass is 19.3. The molecule has 0 saturated heterocycles. The molecule has 0 radical (unpaired) electrons. The molecule has 1 aromatic carbocycles. The Balaban J connectivity index is 2.21. The number of hydrogen-bond acceptors (Lipinski definition) is 4. The zero-order chi connectivity index (χ0) is 13.8. The number of fused-ring (bicyclic) bond motifs is 1. The van der Waals surface area contributed by atoms with E-state index in [1.165, 1.54) is 0 Å². The third-order valence-electron chi connectivity index (χ3n) is 2.93. The highest BCUT2D eigenvalue weighted by molar-refractivity contribution is 5.52. The summed E-state index contributed by atoms with van der Waals surface area (Å²) >= 11 is 0. The van der Waals surface area contributed by atoms with Gasteiger partial charge in [-0.15, -0.1) is 0 Å². The van der Waals surface area contributed by atoms with Crippen molar-refractivity contribution in [3.8, 4) is 17.2 Å². The molecule has 19 heavy (non-hydrogen) atoms. The van der Waals surface area contributed by atoms with E-state index in [9.17, 15) is 8.78 Å². The standard InChI is InChI=1S/C13H17F2NO3/c1-2-9(16)3-8-4-11-12(19-7-18-11)5-10(8)17-6-13(14)15/h4-5,9,13H,2-3,6-7,16H2,1H3. The number of rotatable bonds is 6. The van der Waals surface area contributed by atoms with E-state index in [1.807, 2.05) is 6.92 Å². The van der Waals surface area contributed by atoms with Crippen molar-refractivity contribution in [1.82, 2.24) is 0 Å². The van der Waals surface area contributed by atoms with Gasteiger partial charge in [0.2, 0.25) is 6.79 Å². The molecule has 1 heterocycles. The Bertz CT molecular complexity index is 440. The molecule has 1 aliphatic heterocycles. The molecular formula is C13H17F2NO3. The molecule has 0 amide bonds. The molecule has 0 aliphatic carbocycles. The Hall–Kier alpha value is -1.56. The lowest BCUT2D eigenvalue weighted by Gasteiger charge is -2.15. The van der Waals surface area contributed by atoms with Crippen molar-refractivity contribution in [3.05, 3.63) is 17.7 Å². The van der Waals surface area contributed by atoms with Gasteiger partial charge in [0, 0.05) is 12.1 Å². The van der Waals surface area contributed by atoms with Gasteiger partial charge in [0.25, 0.3) is 6.43 Å². The van der Waals surface area contributed by atoms with Crippen LogP contribution in [0.5, 0.6) is 17.2 Å². The Morgan fingerprint density at radius 1 is 1.32 bits per heavy atom. The summed E-state index contributed by atoms with van der Waals surface area (Å²) in [5, 5.41) is 0. The minimum atomic E-state index is -2.52. The maximum absolute atomic E-state index is 12.2. The van der Waals surface area contributed by atoms with Crippen molar-refractivity contribution >= 4 is 0 Å². The molecule has 106 valence electrons. The van der Waals surface area contributed by atoms with Crippen LogP contribution in [0.1, 0.15) is 18.9 Å². The zero-order valence-electron chi connectivity index (χ0n) is 10.7. The molecular weight excluding hydrogens is 256 g/mol. The quantitative estimate of drug-likeness (QED) is 0.864. The fourth-order valence-electron chi connectivity index (χ4n) is 1.84. The number of hydrogen-bond donors (Lipinski definition) is 1. The van der Waals surface area contributed by atoms with Gasteiger partial charge in [0.05, 0.1) is 0 Å². The van der Waals surface area contributed by atoms with Gasteiger partial charge in [-0.05, 0) is 24.5 Å². The van der Waals surface area contributed by atoms with E-state index in [4.69, 9.17) is 19.9 Å². The first-order valence-corrected chi connectivity index (χ1v) is 6.19. The molecule has 0 bridgehead atoms. The molecule has 1 atom stereocenters. The van der Waals surface area contributed by atoms with Crippen LogP contribution in [0.3, 0.4) is 0 Å². The van der Waals surface area contributed by atoms with Gasteiger partial charge in [0.15, 0.2) is 11.5 Å². The Labute approximate surface area is 110 Å². The third-order valence-corrected chi connectivity index (χ3v) is 2.93. The predicted molar refractivity (Wildman–Crippen MR) is 66.0 cm³/mol. The van der Waals surface area contributed by atoms with E-state index >= 15 is 0 Å². The smallest absolute Gasteiger partial charge is 0.272 e. The van der Waals surface area contributed by atoms with E-state index in [1.54, 1.807) is 12.1 Å². The van der Waals surface area contributed by atoms with Gasteiger partial charge in [-0.3, -0.25) is 0 Å². The van der Waals surface area contributed by atoms with Gasteiger partial charge in [-0.1, -0.05) is 6.92 Å². The fourth-order valence-corrected chi connectivity index (χ4v) is 1.84. The second-order valence-electron chi connectivity index (χ2n) is 4.39. The molecule has 0 fully saturated rings. The van der Waals surface area contributed by atoms with E-state index < -0.39 is 13.0 Å². The Kier molecular flexibility index (Phi) is 4.42. The average molecular weight is 273 g/mol. The highest BCUT2D eigenvalue weighted by Crippen LogP contribution is 2.38. The molecule has 1 aromatic rings. The molecule has 6 heteroatoms. The second-order valence-corrected chi connectivity index (χ2v) is 4.39. The van der Waals surface area contributed by atoms with Crippen molar-refractivity contribution in [2.45, 2.75) is 32.2 Å². The van der Waals surface area contributed by atoms with Gasteiger partial charge < -0.3 is 19.9 Å². The van der Waals surface area contributed by atoms with E-state index in [0.717, 1.165) is 12.0 Å². The van der Waals surface area contributed by atoms with Crippen LogP contribution in [-0.2, 0) is 6.42 Å². The van der Waals surface area contributed by atoms with Gasteiger partial charge in [-0.25, -0.2) is 8.78 Å². The lowest BCUT2D eigenvalue weighted by molar-refractivity contribution is 0.0812. The Morgan fingerprint density at radius 2 is 2.00 bits per heavy atom. The van der Waals surface area contributed by atoms with Crippen LogP contribution in [0.25, 0.3) is 0 Å². The Morgan fingerprint density at radius 3 is 2.63 bits per heavy atom. The summed E-state index contributed by atoms with van der Waals surface area (Å²) in [5.41, 5.74) is 6.66. The molecule has 2 rings (SSSR count). The molecule has 0 spiro atoms. The maximum atomic E-state index is 12.2. The van der Waals surface area contributed by atoms with Crippen LogP contribution in [0.2, 0.25) is 0 Å². The number of benzene rings is 1. The molecule has 1 aliphatic rings. The van der Waals surface area contributed by atoms with Crippen LogP contribution < -0.4 is 19.9 Å². The molecule has 1 unspecified atom stereocenters. The predicted octanol–water partition coefficient (Wildman–Crippen LogP) is 2.34. The number of ether oxygens (including phenoxy) is 3. The van der Waals surface area contributed by atoms with Gasteiger partial charge >= 0.3 is 0 Å². The molecule has 0 saturated carbocycles. The first kappa shape index (κ1) is 13.9. The normalized spacial score (nSPS) is 14.8. The zero-order valence-corrected chi connectivity index (χ0v) is 10.7. The lowest BCUT2D eigenvalue weighted by Crippen LogP contribution is -2.22. The third kappa shape index (κ3) is 3.47. The van der Waals surface area contributed by atoms with E-state index in [2.05, 4.69) is 0 Å². The SMILES string of the molecule is CCC(N)Cc1cc2c(cc1OCC(F)F)OCO2. The van der Waals surface area contributed by atoms with Crippen LogP contribution in [0.15, 0.2) is 12.1 Å². The van der Waals surface area contributed by atoms with Crippen molar-refractivity contribution < 1.29 is 23.0 Å². The average Bonchev–Trinajstić information content (AvgIpc) is 2.82. The van der Waals surface area contributed by atoms with Crippen molar-refractivity contribution in [2.75, 3.05) is 13.4 Å². The molecule has 2 N–H and O–H groups in total. The van der Waals surface area contributed by atoms with Crippen LogP contribution >= 0.6 is 0 Å². The summed E-state index contributed by atoms with van der Waals surface area (Å²) in [5.74, 6) is 1.49. The number of nitrogens with two attached hydrogens (primary N) is 1. The van der Waals surface area contributed by atoms with Crippen molar-refractivity contribution in [2.24, 2.45) is 5.73 Å². The van der Waals surface area contributed by atoms with E-state index in [0.29, 0.717) is 23.7 Å².